The van der Waals surface area contributed by atoms with Gasteiger partial charge in [0.25, 0.3) is 0 Å². The van der Waals surface area contributed by atoms with Gasteiger partial charge in [-0.15, -0.1) is 10.2 Å². The summed E-state index contributed by atoms with van der Waals surface area (Å²) in [5.41, 5.74) is 0.417. The predicted molar refractivity (Wildman–Crippen MR) is 102 cm³/mol. The number of benzene rings is 1. The van der Waals surface area contributed by atoms with Crippen molar-refractivity contribution >= 4 is 5.65 Å². The quantitative estimate of drug-likeness (QED) is 0.673. The Kier molecular flexibility index (Phi) is 5.56. The molecule has 0 atom stereocenters. The highest BCUT2D eigenvalue weighted by Gasteiger charge is 2.37. The summed E-state index contributed by atoms with van der Waals surface area (Å²) < 4.78 is 42.4. The van der Waals surface area contributed by atoms with E-state index in [1.165, 1.54) is 22.2 Å². The number of hydrogen-bond acceptors (Lipinski definition) is 4. The number of halogens is 3. The van der Waals surface area contributed by atoms with Crippen molar-refractivity contribution in [3.05, 3.63) is 65.1 Å². The first kappa shape index (κ1) is 19.8. The van der Waals surface area contributed by atoms with Crippen molar-refractivity contribution in [2.24, 2.45) is 0 Å². The van der Waals surface area contributed by atoms with Gasteiger partial charge in [0.1, 0.15) is 12.2 Å². The third-order valence-electron chi connectivity index (χ3n) is 5.74. The van der Waals surface area contributed by atoms with Gasteiger partial charge in [0.05, 0.1) is 0 Å². The zero-order valence-electron chi connectivity index (χ0n) is 15.9. The number of alkyl halides is 3. The third kappa shape index (κ3) is 4.13. The molecule has 1 aromatic carbocycles. The minimum atomic E-state index is -4.55. The van der Waals surface area contributed by atoms with Gasteiger partial charge in [-0.2, -0.15) is 13.2 Å². The largest absolute Gasteiger partial charge is 0.420 e. The maximum absolute atomic E-state index is 13.7. The zero-order chi connectivity index (χ0) is 20.4. The highest BCUT2D eigenvalue weighted by Crippen LogP contribution is 2.36. The fourth-order valence-corrected chi connectivity index (χ4v) is 4.22. The Labute approximate surface area is 166 Å². The van der Waals surface area contributed by atoms with E-state index in [0.29, 0.717) is 5.92 Å². The molecule has 1 saturated carbocycles. The van der Waals surface area contributed by atoms with Gasteiger partial charge in [-0.1, -0.05) is 30.3 Å². The van der Waals surface area contributed by atoms with E-state index in [1.54, 1.807) is 0 Å². The van der Waals surface area contributed by atoms with Crippen molar-refractivity contribution in [2.75, 3.05) is 0 Å². The first-order valence-corrected chi connectivity index (χ1v) is 9.79. The minimum Gasteiger partial charge on any atom is -0.388 e. The van der Waals surface area contributed by atoms with Crippen LogP contribution in [-0.4, -0.2) is 25.7 Å². The van der Waals surface area contributed by atoms with Crippen LogP contribution in [0.4, 0.5) is 13.2 Å². The Morgan fingerprint density at radius 1 is 1.03 bits per heavy atom. The van der Waals surface area contributed by atoms with E-state index in [2.05, 4.69) is 27.6 Å². The first-order chi connectivity index (χ1) is 14.0. The van der Waals surface area contributed by atoms with Crippen molar-refractivity contribution in [2.45, 2.75) is 57.0 Å². The van der Waals surface area contributed by atoms with Gasteiger partial charge in [-0.25, -0.2) is 0 Å². The van der Waals surface area contributed by atoms with Crippen LogP contribution < -0.4 is 5.32 Å². The van der Waals surface area contributed by atoms with Gasteiger partial charge in [0, 0.05) is 18.8 Å². The topological polar surface area (TPSA) is 62.5 Å². The molecule has 0 spiro atoms. The summed E-state index contributed by atoms with van der Waals surface area (Å²) in [5.74, 6) is 0.605. The second kappa shape index (κ2) is 8.12. The van der Waals surface area contributed by atoms with Crippen LogP contribution in [0.2, 0.25) is 0 Å². The smallest absolute Gasteiger partial charge is 0.388 e. The van der Waals surface area contributed by atoms with Gasteiger partial charge in [-0.05, 0) is 48.8 Å². The zero-order valence-corrected chi connectivity index (χ0v) is 15.9. The first-order valence-electron chi connectivity index (χ1n) is 9.79. The fourth-order valence-electron chi connectivity index (χ4n) is 4.22. The summed E-state index contributed by atoms with van der Waals surface area (Å²) in [5, 5.41) is 19.9. The van der Waals surface area contributed by atoms with E-state index in [0.717, 1.165) is 25.7 Å². The number of hydrogen-bond donors (Lipinski definition) is 2. The molecule has 0 amide bonds. The second-order valence-corrected chi connectivity index (χ2v) is 7.52. The normalized spacial score (nSPS) is 20.3. The summed E-state index contributed by atoms with van der Waals surface area (Å²) in [6, 6.07) is 12.0. The van der Waals surface area contributed by atoms with Gasteiger partial charge >= 0.3 is 6.18 Å². The van der Waals surface area contributed by atoms with Crippen LogP contribution >= 0.6 is 0 Å². The molecule has 2 aromatic heterocycles. The van der Waals surface area contributed by atoms with E-state index in [9.17, 15) is 18.3 Å². The van der Waals surface area contributed by atoms with E-state index in [4.69, 9.17) is 0 Å². The molecule has 2 N–H and O–H groups in total. The summed E-state index contributed by atoms with van der Waals surface area (Å²) in [7, 11) is 0. The number of aliphatic hydroxyl groups is 1. The average molecular weight is 404 g/mol. The summed E-state index contributed by atoms with van der Waals surface area (Å²) >= 11 is 0. The van der Waals surface area contributed by atoms with Crippen molar-refractivity contribution in [3.8, 4) is 0 Å². The van der Waals surface area contributed by atoms with E-state index < -0.39 is 18.3 Å². The number of fused-ring (bicyclic) bond motifs is 1. The van der Waals surface area contributed by atoms with E-state index in [1.807, 2.05) is 18.2 Å². The highest BCUT2D eigenvalue weighted by molar-refractivity contribution is 5.53. The number of aromatic nitrogens is 3. The molecule has 0 unspecified atom stereocenters. The Hall–Kier alpha value is -2.45. The summed E-state index contributed by atoms with van der Waals surface area (Å²) in [6.45, 7) is -0.353. The SMILES string of the molecule is OCc1nnc2c(C(F)(F)F)c(CNC3CCC(c4ccccc4)CC3)ccn12. The lowest BCUT2D eigenvalue weighted by molar-refractivity contribution is -0.137. The highest BCUT2D eigenvalue weighted by atomic mass is 19.4. The van der Waals surface area contributed by atoms with Crippen LogP contribution in [0.15, 0.2) is 42.6 Å². The van der Waals surface area contributed by atoms with Gasteiger partial charge in [-0.3, -0.25) is 4.40 Å². The number of nitrogens with zero attached hydrogens (tertiary/aromatic N) is 3. The van der Waals surface area contributed by atoms with Crippen LogP contribution in [0.5, 0.6) is 0 Å². The van der Waals surface area contributed by atoms with Crippen LogP contribution in [-0.2, 0) is 19.3 Å². The maximum Gasteiger partial charge on any atom is 0.420 e. The second-order valence-electron chi connectivity index (χ2n) is 7.52. The summed E-state index contributed by atoms with van der Waals surface area (Å²) in [6.07, 6.45) is 0.850. The molecule has 154 valence electrons. The average Bonchev–Trinajstić information content (AvgIpc) is 3.15. The molecule has 1 aliphatic rings. The maximum atomic E-state index is 13.7. The predicted octanol–water partition coefficient (Wildman–Crippen LogP) is 4.06. The molecule has 4 rings (SSSR count). The molecule has 29 heavy (non-hydrogen) atoms. The van der Waals surface area contributed by atoms with Crippen molar-refractivity contribution in [1.29, 1.82) is 0 Å². The Morgan fingerprint density at radius 2 is 1.76 bits per heavy atom. The minimum absolute atomic E-state index is 0.0873. The van der Waals surface area contributed by atoms with Crippen LogP contribution in [0.3, 0.4) is 0 Å². The number of rotatable bonds is 5. The van der Waals surface area contributed by atoms with Crippen LogP contribution in [0.25, 0.3) is 5.65 Å². The molecule has 5 nitrogen and oxygen atoms in total. The molecular weight excluding hydrogens is 381 g/mol. The molecule has 0 saturated heterocycles. The van der Waals surface area contributed by atoms with Crippen molar-refractivity contribution in [3.63, 3.8) is 0 Å². The van der Waals surface area contributed by atoms with Gasteiger partial charge in [0.15, 0.2) is 11.5 Å². The molecule has 0 bridgehead atoms. The Bertz CT molecular complexity index is 963. The number of nitrogens with one attached hydrogen (secondary N) is 1. The Balaban J connectivity index is 1.46. The molecule has 8 heteroatoms. The van der Waals surface area contributed by atoms with Gasteiger partial charge in [0.2, 0.25) is 0 Å². The molecule has 2 heterocycles. The third-order valence-corrected chi connectivity index (χ3v) is 5.74. The number of aliphatic hydroxyl groups excluding tert-OH is 1. The van der Waals surface area contributed by atoms with Crippen molar-refractivity contribution in [1.82, 2.24) is 19.9 Å². The lowest BCUT2D eigenvalue weighted by atomic mass is 9.82. The van der Waals surface area contributed by atoms with Crippen molar-refractivity contribution < 1.29 is 18.3 Å². The molecule has 1 fully saturated rings. The molecule has 0 aliphatic heterocycles. The molecular formula is C21H23F3N4O. The number of pyridine rings is 1. The van der Waals surface area contributed by atoms with Gasteiger partial charge < -0.3 is 10.4 Å². The Morgan fingerprint density at radius 3 is 2.41 bits per heavy atom. The van der Waals surface area contributed by atoms with Crippen LogP contribution in [0.1, 0.15) is 54.1 Å². The molecule has 0 radical (unpaired) electrons. The van der Waals surface area contributed by atoms with E-state index in [-0.39, 0.29) is 29.6 Å². The van der Waals surface area contributed by atoms with Crippen LogP contribution in [0, 0.1) is 0 Å². The lowest BCUT2D eigenvalue weighted by Gasteiger charge is -2.30. The fraction of sp³-hybridized carbons (Fsp3) is 0.429. The standard InChI is InChI=1S/C21H23F3N4O/c22-21(23,24)19-16(10-11-28-18(13-29)26-27-20(19)28)12-25-17-8-6-15(7-9-17)14-4-2-1-3-5-14/h1-5,10-11,15,17,25,29H,6-9,12-13H2. The molecule has 3 aromatic rings. The monoisotopic (exact) mass is 404 g/mol. The summed E-state index contributed by atoms with van der Waals surface area (Å²) in [4.78, 5) is 0. The molecule has 1 aliphatic carbocycles. The van der Waals surface area contributed by atoms with E-state index >= 15 is 0 Å². The lowest BCUT2D eigenvalue weighted by Crippen LogP contribution is -2.33.